The van der Waals surface area contributed by atoms with Gasteiger partial charge in [0.2, 0.25) is 0 Å². The number of rotatable bonds is 2. The van der Waals surface area contributed by atoms with Crippen LogP contribution in [0.3, 0.4) is 0 Å². The van der Waals surface area contributed by atoms with Crippen molar-refractivity contribution in [3.8, 4) is 22.3 Å². The lowest BCUT2D eigenvalue weighted by Gasteiger charge is -2.12. The number of halogens is 1. The zero-order chi connectivity index (χ0) is 17.5. The van der Waals surface area contributed by atoms with Gasteiger partial charge in [0.25, 0.3) is 0 Å². The smallest absolute Gasteiger partial charge is 0.135 e. The summed E-state index contributed by atoms with van der Waals surface area (Å²) in [7, 11) is 0. The van der Waals surface area contributed by atoms with Crippen molar-refractivity contribution in [1.29, 1.82) is 0 Å². The molecule has 0 aliphatic rings. The van der Waals surface area contributed by atoms with Gasteiger partial charge in [-0.1, -0.05) is 82.7 Å². The molecule has 0 aliphatic carbocycles. The van der Waals surface area contributed by atoms with Crippen molar-refractivity contribution < 1.29 is 4.42 Å². The molecule has 0 unspecified atom stereocenters. The van der Waals surface area contributed by atoms with Gasteiger partial charge in [-0.2, -0.15) is 0 Å². The summed E-state index contributed by atoms with van der Waals surface area (Å²) in [5.74, 6) is 0. The molecule has 1 heterocycles. The summed E-state index contributed by atoms with van der Waals surface area (Å²) >= 11 is 3.76. The Morgan fingerprint density at radius 2 is 1.35 bits per heavy atom. The Balaban J connectivity index is 1.79. The molecule has 0 saturated carbocycles. The number of hydrogen-bond acceptors (Lipinski definition) is 1. The number of fused-ring (bicyclic) bond motifs is 3. The maximum absolute atomic E-state index is 5.98. The summed E-state index contributed by atoms with van der Waals surface area (Å²) in [4.78, 5) is 0. The van der Waals surface area contributed by atoms with E-state index in [9.17, 15) is 0 Å². The van der Waals surface area contributed by atoms with E-state index in [0.29, 0.717) is 0 Å². The van der Waals surface area contributed by atoms with Crippen LogP contribution < -0.4 is 0 Å². The van der Waals surface area contributed by atoms with Crippen LogP contribution in [0, 0.1) is 0 Å². The highest BCUT2D eigenvalue weighted by atomic mass is 79.9. The summed E-state index contributed by atoms with van der Waals surface area (Å²) in [6.07, 6.45) is 0. The van der Waals surface area contributed by atoms with Crippen LogP contribution in [0.1, 0.15) is 0 Å². The second-order valence-corrected chi connectivity index (χ2v) is 7.19. The first-order valence-corrected chi connectivity index (χ1v) is 9.36. The fourth-order valence-corrected chi connectivity index (χ4v) is 4.15. The van der Waals surface area contributed by atoms with Crippen LogP contribution in [-0.2, 0) is 0 Å². The van der Waals surface area contributed by atoms with Crippen molar-refractivity contribution in [3.05, 3.63) is 95.5 Å². The monoisotopic (exact) mass is 398 g/mol. The molecule has 0 saturated heterocycles. The quantitative estimate of drug-likeness (QED) is 0.297. The van der Waals surface area contributed by atoms with Crippen molar-refractivity contribution in [2.45, 2.75) is 0 Å². The highest BCUT2D eigenvalue weighted by Gasteiger charge is 2.13. The number of hydrogen-bond donors (Lipinski definition) is 0. The van der Waals surface area contributed by atoms with Gasteiger partial charge in [0.1, 0.15) is 11.2 Å². The van der Waals surface area contributed by atoms with Gasteiger partial charge in [-0.3, -0.25) is 0 Å². The molecule has 124 valence electrons. The van der Waals surface area contributed by atoms with Crippen LogP contribution in [0.4, 0.5) is 0 Å². The second-order valence-electron chi connectivity index (χ2n) is 6.34. The molecule has 5 aromatic rings. The average Bonchev–Trinajstić information content (AvgIpc) is 3.06. The van der Waals surface area contributed by atoms with Crippen molar-refractivity contribution >= 4 is 37.9 Å². The van der Waals surface area contributed by atoms with E-state index in [-0.39, 0.29) is 0 Å². The minimum absolute atomic E-state index is 0.920. The van der Waals surface area contributed by atoms with Gasteiger partial charge in [-0.05, 0) is 41.0 Å². The van der Waals surface area contributed by atoms with Gasteiger partial charge in [0, 0.05) is 20.8 Å². The minimum Gasteiger partial charge on any atom is -0.456 e. The van der Waals surface area contributed by atoms with Crippen LogP contribution in [0.5, 0.6) is 0 Å². The van der Waals surface area contributed by atoms with E-state index in [1.165, 1.54) is 22.3 Å². The summed E-state index contributed by atoms with van der Waals surface area (Å²) in [5.41, 5.74) is 6.65. The Kier molecular flexibility index (Phi) is 3.65. The van der Waals surface area contributed by atoms with Crippen LogP contribution in [-0.4, -0.2) is 0 Å². The molecule has 0 fully saturated rings. The normalized spacial score (nSPS) is 11.3. The Bertz CT molecular complexity index is 1240. The summed E-state index contributed by atoms with van der Waals surface area (Å²) in [6.45, 7) is 0. The van der Waals surface area contributed by atoms with Gasteiger partial charge in [0.05, 0.1) is 0 Å². The third-order valence-electron chi connectivity index (χ3n) is 4.76. The van der Waals surface area contributed by atoms with E-state index in [2.05, 4.69) is 88.7 Å². The van der Waals surface area contributed by atoms with Crippen molar-refractivity contribution in [2.24, 2.45) is 0 Å². The maximum atomic E-state index is 5.98. The lowest BCUT2D eigenvalue weighted by Crippen LogP contribution is -1.87. The van der Waals surface area contributed by atoms with Crippen molar-refractivity contribution in [1.82, 2.24) is 0 Å². The van der Waals surface area contributed by atoms with Gasteiger partial charge >= 0.3 is 0 Å². The van der Waals surface area contributed by atoms with E-state index in [0.717, 1.165) is 26.4 Å². The molecule has 0 bridgehead atoms. The highest BCUT2D eigenvalue weighted by Crippen LogP contribution is 2.40. The molecule has 0 spiro atoms. The van der Waals surface area contributed by atoms with E-state index >= 15 is 0 Å². The molecule has 2 heteroatoms. The van der Waals surface area contributed by atoms with Crippen molar-refractivity contribution in [3.63, 3.8) is 0 Å². The van der Waals surface area contributed by atoms with Crippen LogP contribution in [0.2, 0.25) is 0 Å². The second kappa shape index (κ2) is 6.15. The van der Waals surface area contributed by atoms with E-state index in [4.69, 9.17) is 4.42 Å². The van der Waals surface area contributed by atoms with E-state index in [1.54, 1.807) is 0 Å². The number of para-hydroxylation sites is 1. The predicted molar refractivity (Wildman–Crippen MR) is 112 cm³/mol. The first-order valence-electron chi connectivity index (χ1n) is 8.57. The molecule has 0 aliphatic heterocycles. The number of benzene rings is 4. The maximum Gasteiger partial charge on any atom is 0.135 e. The van der Waals surface area contributed by atoms with E-state index in [1.807, 2.05) is 18.2 Å². The number of furan rings is 1. The molecule has 4 aromatic carbocycles. The van der Waals surface area contributed by atoms with E-state index < -0.39 is 0 Å². The van der Waals surface area contributed by atoms with Crippen LogP contribution in [0.25, 0.3) is 44.2 Å². The summed E-state index contributed by atoms with van der Waals surface area (Å²) in [5, 5.41) is 2.30. The molecule has 0 amide bonds. The van der Waals surface area contributed by atoms with Gasteiger partial charge in [0.15, 0.2) is 0 Å². The summed E-state index contributed by atoms with van der Waals surface area (Å²) < 4.78 is 7.07. The Hall–Kier alpha value is -2.84. The zero-order valence-electron chi connectivity index (χ0n) is 13.9. The molecular weight excluding hydrogens is 384 g/mol. The lowest BCUT2D eigenvalue weighted by atomic mass is 9.94. The topological polar surface area (TPSA) is 13.1 Å². The molecule has 1 nitrogen and oxygen atoms in total. The zero-order valence-corrected chi connectivity index (χ0v) is 15.5. The Morgan fingerprint density at radius 1 is 0.577 bits per heavy atom. The minimum atomic E-state index is 0.920. The van der Waals surface area contributed by atoms with Crippen LogP contribution in [0.15, 0.2) is 99.9 Å². The third-order valence-corrected chi connectivity index (χ3v) is 5.42. The largest absolute Gasteiger partial charge is 0.456 e. The average molecular weight is 399 g/mol. The molecular formula is C24H15BrO. The van der Waals surface area contributed by atoms with Crippen LogP contribution >= 0.6 is 15.9 Å². The van der Waals surface area contributed by atoms with Crippen molar-refractivity contribution in [2.75, 3.05) is 0 Å². The fourth-order valence-electron chi connectivity index (χ4n) is 3.56. The predicted octanol–water partition coefficient (Wildman–Crippen LogP) is 7.68. The first kappa shape index (κ1) is 15.4. The fraction of sp³-hybridized carbons (Fsp3) is 0. The summed E-state index contributed by atoms with van der Waals surface area (Å²) in [6, 6.07) is 31.5. The molecule has 0 N–H and O–H groups in total. The molecule has 5 rings (SSSR count). The molecule has 0 radical (unpaired) electrons. The molecule has 1 aromatic heterocycles. The third kappa shape index (κ3) is 2.46. The standard InChI is InChI=1S/C24H15BrO/c25-21-11-6-10-18(16-7-2-1-3-8-16)24(21)17-13-14-23-20(15-17)19-9-4-5-12-22(19)26-23/h1-15H. The first-order chi connectivity index (χ1) is 12.8. The van der Waals surface area contributed by atoms with Gasteiger partial charge < -0.3 is 4.42 Å². The highest BCUT2D eigenvalue weighted by molar-refractivity contribution is 9.10. The molecule has 0 atom stereocenters. The van der Waals surface area contributed by atoms with Gasteiger partial charge in [-0.15, -0.1) is 0 Å². The SMILES string of the molecule is Brc1cccc(-c2ccccc2)c1-c1ccc2oc3ccccc3c2c1. The van der Waals surface area contributed by atoms with Gasteiger partial charge in [-0.25, -0.2) is 0 Å². The molecule has 26 heavy (non-hydrogen) atoms. The Labute approximate surface area is 160 Å². The Morgan fingerprint density at radius 3 is 2.23 bits per heavy atom. The lowest BCUT2D eigenvalue weighted by molar-refractivity contribution is 0.669.